The molecule has 0 atom stereocenters. The molecule has 26 heavy (non-hydrogen) atoms. The van der Waals surface area contributed by atoms with Crippen molar-refractivity contribution in [1.29, 1.82) is 0 Å². The first-order valence-electron chi connectivity index (χ1n) is 8.39. The van der Waals surface area contributed by atoms with E-state index in [4.69, 9.17) is 9.47 Å². The molecule has 1 aliphatic heterocycles. The van der Waals surface area contributed by atoms with Crippen molar-refractivity contribution in [1.82, 2.24) is 9.97 Å². The maximum Gasteiger partial charge on any atom is 0.258 e. The Kier molecular flexibility index (Phi) is 4.05. The fourth-order valence-electron chi connectivity index (χ4n) is 2.98. The van der Waals surface area contributed by atoms with E-state index in [1.165, 1.54) is 0 Å². The molecule has 130 valence electrons. The third-order valence-corrected chi connectivity index (χ3v) is 4.24. The minimum absolute atomic E-state index is 0.186. The van der Waals surface area contributed by atoms with Crippen LogP contribution in [0.4, 0.5) is 0 Å². The lowest BCUT2D eigenvalue weighted by molar-refractivity contribution is 0.363. The van der Waals surface area contributed by atoms with Crippen molar-refractivity contribution in [3.63, 3.8) is 0 Å². The van der Waals surface area contributed by atoms with E-state index in [-0.39, 0.29) is 5.56 Å². The van der Waals surface area contributed by atoms with Crippen LogP contribution in [0.2, 0.25) is 0 Å². The standard InChI is InChI=1S/C21H18N2O3/c1-3-9-25-16-6-4-5-14(11-16)19-22-20(24)17-12-15-10-13(2)7-8-18(15)26-21(17)23-19/h3-8,10-11H,1,9,12H2,2H3,(H,22,23,24). The van der Waals surface area contributed by atoms with Crippen molar-refractivity contribution in [2.45, 2.75) is 13.3 Å². The highest BCUT2D eigenvalue weighted by molar-refractivity contribution is 5.59. The third kappa shape index (κ3) is 2.99. The van der Waals surface area contributed by atoms with Crippen LogP contribution in [0.25, 0.3) is 11.4 Å². The van der Waals surface area contributed by atoms with Crippen LogP contribution in [0.3, 0.4) is 0 Å². The molecule has 0 spiro atoms. The second-order valence-electron chi connectivity index (χ2n) is 6.22. The number of ether oxygens (including phenoxy) is 2. The van der Waals surface area contributed by atoms with Crippen LogP contribution in [0, 0.1) is 6.92 Å². The molecular weight excluding hydrogens is 328 g/mol. The van der Waals surface area contributed by atoms with Gasteiger partial charge in [-0.15, -0.1) is 0 Å². The summed E-state index contributed by atoms with van der Waals surface area (Å²) in [5, 5.41) is 0. The fraction of sp³-hybridized carbons (Fsp3) is 0.143. The summed E-state index contributed by atoms with van der Waals surface area (Å²) in [7, 11) is 0. The number of nitrogens with zero attached hydrogens (tertiary/aromatic N) is 1. The normalized spacial score (nSPS) is 11.9. The van der Waals surface area contributed by atoms with Gasteiger partial charge in [0.15, 0.2) is 0 Å². The fourth-order valence-corrected chi connectivity index (χ4v) is 2.98. The zero-order valence-corrected chi connectivity index (χ0v) is 14.4. The van der Waals surface area contributed by atoms with E-state index in [9.17, 15) is 4.79 Å². The number of hydrogen-bond donors (Lipinski definition) is 1. The molecule has 0 unspecified atom stereocenters. The van der Waals surface area contributed by atoms with Crippen molar-refractivity contribution in [2.24, 2.45) is 0 Å². The lowest BCUT2D eigenvalue weighted by Gasteiger charge is -2.19. The Bertz CT molecular complexity index is 1050. The quantitative estimate of drug-likeness (QED) is 0.567. The molecule has 2 heterocycles. The van der Waals surface area contributed by atoms with Crippen molar-refractivity contribution >= 4 is 0 Å². The lowest BCUT2D eigenvalue weighted by atomic mass is 10.0. The smallest absolute Gasteiger partial charge is 0.258 e. The van der Waals surface area contributed by atoms with Crippen LogP contribution in [0.5, 0.6) is 17.4 Å². The first-order chi connectivity index (χ1) is 12.6. The predicted octanol–water partition coefficient (Wildman–Crippen LogP) is 4.01. The number of H-pyrrole nitrogens is 1. The van der Waals surface area contributed by atoms with Crippen molar-refractivity contribution in [3.8, 4) is 28.8 Å². The number of aromatic amines is 1. The molecule has 1 aliphatic rings. The lowest BCUT2D eigenvalue weighted by Crippen LogP contribution is -2.20. The Balaban J connectivity index is 1.73. The summed E-state index contributed by atoms with van der Waals surface area (Å²) in [5.74, 6) is 2.24. The Morgan fingerprint density at radius 1 is 1.31 bits per heavy atom. The molecule has 2 aromatic carbocycles. The van der Waals surface area contributed by atoms with Crippen LogP contribution >= 0.6 is 0 Å². The highest BCUT2D eigenvalue weighted by atomic mass is 16.5. The van der Waals surface area contributed by atoms with Gasteiger partial charge in [0.25, 0.3) is 5.56 Å². The average Bonchev–Trinajstić information content (AvgIpc) is 2.65. The van der Waals surface area contributed by atoms with Crippen molar-refractivity contribution < 1.29 is 9.47 Å². The average molecular weight is 346 g/mol. The maximum absolute atomic E-state index is 12.6. The van der Waals surface area contributed by atoms with E-state index in [2.05, 4.69) is 16.5 Å². The molecule has 0 amide bonds. The van der Waals surface area contributed by atoms with Gasteiger partial charge >= 0.3 is 0 Å². The maximum atomic E-state index is 12.6. The van der Waals surface area contributed by atoms with Crippen molar-refractivity contribution in [3.05, 3.63) is 82.2 Å². The molecule has 5 nitrogen and oxygen atoms in total. The summed E-state index contributed by atoms with van der Waals surface area (Å²) in [6, 6.07) is 13.3. The van der Waals surface area contributed by atoms with Gasteiger partial charge in [0, 0.05) is 12.0 Å². The largest absolute Gasteiger partial charge is 0.490 e. The Morgan fingerprint density at radius 2 is 2.19 bits per heavy atom. The van der Waals surface area contributed by atoms with E-state index in [0.717, 1.165) is 22.4 Å². The Hall–Kier alpha value is -3.34. The summed E-state index contributed by atoms with van der Waals surface area (Å²) >= 11 is 0. The molecule has 0 fully saturated rings. The van der Waals surface area contributed by atoms with Crippen LogP contribution in [-0.2, 0) is 6.42 Å². The molecule has 0 bridgehead atoms. The van der Waals surface area contributed by atoms with Gasteiger partial charge in [0.1, 0.15) is 23.9 Å². The van der Waals surface area contributed by atoms with E-state index >= 15 is 0 Å². The molecule has 4 rings (SSSR count). The van der Waals surface area contributed by atoms with Gasteiger partial charge < -0.3 is 14.5 Å². The van der Waals surface area contributed by atoms with Gasteiger partial charge in [-0.2, -0.15) is 4.98 Å². The molecule has 1 aromatic heterocycles. The molecular formula is C21H18N2O3. The first kappa shape index (κ1) is 16.1. The highest BCUT2D eigenvalue weighted by Gasteiger charge is 2.22. The Labute approximate surface area is 151 Å². The minimum atomic E-state index is -0.186. The second kappa shape index (κ2) is 6.52. The minimum Gasteiger partial charge on any atom is -0.490 e. The van der Waals surface area contributed by atoms with Gasteiger partial charge in [0.2, 0.25) is 5.88 Å². The van der Waals surface area contributed by atoms with Crippen LogP contribution < -0.4 is 15.0 Å². The number of aryl methyl sites for hydroxylation is 1. The zero-order chi connectivity index (χ0) is 18.1. The SMILES string of the molecule is C=CCOc1cccc(-c2nc3c(c(=O)[nH]2)Cc2cc(C)ccc2O3)c1. The summed E-state index contributed by atoms with van der Waals surface area (Å²) in [4.78, 5) is 20.0. The molecule has 5 heteroatoms. The predicted molar refractivity (Wildman–Crippen MR) is 100 cm³/mol. The van der Waals surface area contributed by atoms with Gasteiger partial charge in [-0.05, 0) is 30.7 Å². The number of nitrogens with one attached hydrogen (secondary N) is 1. The summed E-state index contributed by atoms with van der Waals surface area (Å²) in [6.45, 7) is 6.07. The molecule has 0 aliphatic carbocycles. The monoisotopic (exact) mass is 346 g/mol. The molecule has 0 saturated heterocycles. The van der Waals surface area contributed by atoms with Crippen molar-refractivity contribution in [2.75, 3.05) is 6.61 Å². The highest BCUT2D eigenvalue weighted by Crippen LogP contribution is 2.35. The number of benzene rings is 2. The van der Waals surface area contributed by atoms with E-state index in [0.29, 0.717) is 36.0 Å². The third-order valence-electron chi connectivity index (χ3n) is 4.24. The number of aromatic nitrogens is 2. The number of rotatable bonds is 4. The second-order valence-corrected chi connectivity index (χ2v) is 6.22. The van der Waals surface area contributed by atoms with E-state index in [1.807, 2.05) is 49.4 Å². The molecule has 3 aromatic rings. The van der Waals surface area contributed by atoms with Crippen LogP contribution in [0.15, 0.2) is 59.9 Å². The molecule has 0 saturated carbocycles. The van der Waals surface area contributed by atoms with Crippen LogP contribution in [0.1, 0.15) is 16.7 Å². The van der Waals surface area contributed by atoms with E-state index in [1.54, 1.807) is 6.08 Å². The Morgan fingerprint density at radius 3 is 3.04 bits per heavy atom. The summed E-state index contributed by atoms with van der Waals surface area (Å²) < 4.78 is 11.4. The first-order valence-corrected chi connectivity index (χ1v) is 8.39. The van der Waals surface area contributed by atoms with E-state index < -0.39 is 0 Å². The zero-order valence-electron chi connectivity index (χ0n) is 14.4. The van der Waals surface area contributed by atoms with Gasteiger partial charge in [0.05, 0.1) is 5.56 Å². The van der Waals surface area contributed by atoms with Gasteiger partial charge in [-0.3, -0.25) is 4.79 Å². The molecule has 1 N–H and O–H groups in total. The number of fused-ring (bicyclic) bond motifs is 2. The molecule has 0 radical (unpaired) electrons. The van der Waals surface area contributed by atoms with Gasteiger partial charge in [-0.1, -0.05) is 42.5 Å². The summed E-state index contributed by atoms with van der Waals surface area (Å²) in [5.41, 5.74) is 3.25. The topological polar surface area (TPSA) is 64.2 Å². The number of hydrogen-bond acceptors (Lipinski definition) is 4. The summed E-state index contributed by atoms with van der Waals surface area (Å²) in [6.07, 6.45) is 2.19. The van der Waals surface area contributed by atoms with Gasteiger partial charge in [-0.25, -0.2) is 0 Å². The van der Waals surface area contributed by atoms with Crippen LogP contribution in [-0.4, -0.2) is 16.6 Å².